The summed E-state index contributed by atoms with van der Waals surface area (Å²) >= 11 is 0. The number of anilines is 1. The number of piperidine rings is 1. The number of carbonyl (C=O) groups excluding carboxylic acids is 2. The molecule has 194 valence electrons. The van der Waals surface area contributed by atoms with Gasteiger partial charge in [0.25, 0.3) is 5.91 Å². The van der Waals surface area contributed by atoms with E-state index < -0.39 is 12.1 Å². The lowest BCUT2D eigenvalue weighted by molar-refractivity contribution is -0.192. The van der Waals surface area contributed by atoms with Crippen molar-refractivity contribution in [1.29, 1.82) is 0 Å². The second-order valence-electron chi connectivity index (χ2n) is 9.47. The van der Waals surface area contributed by atoms with Gasteiger partial charge in [0.15, 0.2) is 0 Å². The van der Waals surface area contributed by atoms with Crippen molar-refractivity contribution < 1.29 is 32.7 Å². The first-order chi connectivity index (χ1) is 16.5. The first kappa shape index (κ1) is 26.8. The second kappa shape index (κ2) is 11.7. The molecule has 3 unspecified atom stereocenters. The topological polar surface area (TPSA) is 111 Å². The number of carbonyl (C=O) groups is 3. The Labute approximate surface area is 202 Å². The lowest BCUT2D eigenvalue weighted by atomic mass is 9.79. The number of alkyl halides is 3. The minimum Gasteiger partial charge on any atom is -0.475 e. The highest BCUT2D eigenvalue weighted by Crippen LogP contribution is 2.32. The van der Waals surface area contributed by atoms with Gasteiger partial charge in [-0.2, -0.15) is 13.2 Å². The van der Waals surface area contributed by atoms with E-state index in [2.05, 4.69) is 16.0 Å². The van der Waals surface area contributed by atoms with Crippen molar-refractivity contribution in [2.75, 3.05) is 31.5 Å². The maximum atomic E-state index is 12.9. The van der Waals surface area contributed by atoms with Crippen LogP contribution in [0.1, 0.15) is 54.4 Å². The van der Waals surface area contributed by atoms with Crippen LogP contribution < -0.4 is 16.0 Å². The molecule has 1 saturated carbocycles. The van der Waals surface area contributed by atoms with Gasteiger partial charge in [-0.1, -0.05) is 6.07 Å². The molecule has 0 aromatic heterocycles. The van der Waals surface area contributed by atoms with Crippen LogP contribution >= 0.6 is 0 Å². The minimum atomic E-state index is -5.08. The molecule has 1 aromatic carbocycles. The Hall–Kier alpha value is -2.82. The Morgan fingerprint density at radius 3 is 2.37 bits per heavy atom. The Kier molecular flexibility index (Phi) is 8.98. The number of fused-ring (bicyclic) bond motifs is 1. The van der Waals surface area contributed by atoms with Gasteiger partial charge in [0.05, 0.1) is 0 Å². The Balaban J connectivity index is 0.000000429. The summed E-state index contributed by atoms with van der Waals surface area (Å²) in [5.74, 6) is -1.21. The third kappa shape index (κ3) is 7.58. The normalized spacial score (nSPS) is 24.0. The van der Waals surface area contributed by atoms with E-state index >= 15 is 0 Å². The maximum absolute atomic E-state index is 12.9. The van der Waals surface area contributed by atoms with E-state index in [1.54, 1.807) is 0 Å². The number of benzene rings is 1. The molecule has 3 amide bonds. The standard InChI is InChI=1S/C22H32N4O2.C2HF3O2/c1-15-5-7-19(12-20(15)21(27)26-9-3-2-4-10-26)25-22(28)24-18-8-6-16-13-23-14-17(16)11-18;3-2(4,5)1(6)7/h5,7,12,16-18,23H,2-4,6,8-11,13-14H2,1H3,(H2,24,25,28);(H,6,7). The van der Waals surface area contributed by atoms with E-state index in [0.29, 0.717) is 17.2 Å². The van der Waals surface area contributed by atoms with Gasteiger partial charge in [0, 0.05) is 30.4 Å². The van der Waals surface area contributed by atoms with Gasteiger partial charge in [-0.3, -0.25) is 4.79 Å². The monoisotopic (exact) mass is 498 g/mol. The molecule has 0 bridgehead atoms. The van der Waals surface area contributed by atoms with Crippen LogP contribution in [0.15, 0.2) is 18.2 Å². The fourth-order valence-corrected chi connectivity index (χ4v) is 4.98. The molecule has 2 aliphatic heterocycles. The third-order valence-corrected chi connectivity index (χ3v) is 6.90. The molecule has 4 N–H and O–H groups in total. The van der Waals surface area contributed by atoms with E-state index in [4.69, 9.17) is 9.90 Å². The van der Waals surface area contributed by atoms with Crippen LogP contribution in [0, 0.1) is 18.8 Å². The highest BCUT2D eigenvalue weighted by molar-refractivity contribution is 5.98. The summed E-state index contributed by atoms with van der Waals surface area (Å²) in [6.07, 6.45) is 1.54. The van der Waals surface area contributed by atoms with Crippen molar-refractivity contribution in [1.82, 2.24) is 15.5 Å². The highest BCUT2D eigenvalue weighted by atomic mass is 19.4. The summed E-state index contributed by atoms with van der Waals surface area (Å²) < 4.78 is 31.7. The molecule has 1 aromatic rings. The molecule has 8 nitrogen and oxygen atoms in total. The second-order valence-corrected chi connectivity index (χ2v) is 9.47. The number of aryl methyl sites for hydroxylation is 1. The Bertz CT molecular complexity index is 919. The Morgan fingerprint density at radius 2 is 1.71 bits per heavy atom. The van der Waals surface area contributed by atoms with Crippen molar-refractivity contribution in [2.24, 2.45) is 11.8 Å². The van der Waals surface area contributed by atoms with E-state index in [-0.39, 0.29) is 18.0 Å². The van der Waals surface area contributed by atoms with Gasteiger partial charge in [0.1, 0.15) is 0 Å². The fraction of sp³-hybridized carbons (Fsp3) is 0.625. The quantitative estimate of drug-likeness (QED) is 0.507. The molecular formula is C24H33F3N4O4. The number of halogens is 3. The molecule has 3 fully saturated rings. The maximum Gasteiger partial charge on any atom is 0.490 e. The average molecular weight is 499 g/mol. The average Bonchev–Trinajstić information content (AvgIpc) is 3.28. The van der Waals surface area contributed by atoms with Crippen molar-refractivity contribution >= 4 is 23.6 Å². The molecule has 0 spiro atoms. The number of rotatable bonds is 3. The summed E-state index contributed by atoms with van der Waals surface area (Å²) in [7, 11) is 0. The molecule has 4 rings (SSSR count). The number of nitrogens with one attached hydrogen (secondary N) is 3. The van der Waals surface area contributed by atoms with Crippen LogP contribution in [0.5, 0.6) is 0 Å². The molecule has 3 aliphatic rings. The molecule has 1 aliphatic carbocycles. The largest absolute Gasteiger partial charge is 0.490 e. The molecule has 0 radical (unpaired) electrons. The summed E-state index contributed by atoms with van der Waals surface area (Å²) in [4.78, 5) is 36.2. The van der Waals surface area contributed by atoms with Crippen LogP contribution in [-0.2, 0) is 4.79 Å². The minimum absolute atomic E-state index is 0.0771. The van der Waals surface area contributed by atoms with Gasteiger partial charge < -0.3 is 26.0 Å². The zero-order chi connectivity index (χ0) is 25.6. The number of carboxylic acids is 1. The number of carboxylic acid groups (broad SMARTS) is 1. The van der Waals surface area contributed by atoms with Gasteiger partial charge in [-0.15, -0.1) is 0 Å². The lowest BCUT2D eigenvalue weighted by Crippen LogP contribution is -2.42. The smallest absolute Gasteiger partial charge is 0.475 e. The van der Waals surface area contributed by atoms with Gasteiger partial charge in [-0.25, -0.2) is 9.59 Å². The summed E-state index contributed by atoms with van der Waals surface area (Å²) in [5, 5.41) is 16.7. The van der Waals surface area contributed by atoms with E-state index in [0.717, 1.165) is 63.3 Å². The molecule has 11 heteroatoms. The first-order valence-corrected chi connectivity index (χ1v) is 12.0. The molecule has 3 atom stereocenters. The SMILES string of the molecule is Cc1ccc(NC(=O)NC2CCC3CNCC3C2)cc1C(=O)N1CCCCC1.O=C(O)C(F)(F)F. The van der Waals surface area contributed by atoms with Crippen LogP contribution in [0.2, 0.25) is 0 Å². The number of nitrogens with zero attached hydrogens (tertiary/aromatic N) is 1. The predicted octanol–water partition coefficient (Wildman–Crippen LogP) is 3.76. The fourth-order valence-electron chi connectivity index (χ4n) is 4.98. The zero-order valence-corrected chi connectivity index (χ0v) is 19.8. The molecule has 2 saturated heterocycles. The predicted molar refractivity (Wildman–Crippen MR) is 124 cm³/mol. The molecular weight excluding hydrogens is 465 g/mol. The van der Waals surface area contributed by atoms with Crippen molar-refractivity contribution in [3.63, 3.8) is 0 Å². The molecule has 35 heavy (non-hydrogen) atoms. The number of hydrogen-bond donors (Lipinski definition) is 4. The number of amides is 3. The Morgan fingerprint density at radius 1 is 1.06 bits per heavy atom. The summed E-state index contributed by atoms with van der Waals surface area (Å²) in [5.41, 5.74) is 2.32. The summed E-state index contributed by atoms with van der Waals surface area (Å²) in [6.45, 7) is 5.81. The van der Waals surface area contributed by atoms with Gasteiger partial charge in [-0.05, 0) is 88.1 Å². The van der Waals surface area contributed by atoms with Crippen molar-refractivity contribution in [2.45, 2.75) is 57.7 Å². The van der Waals surface area contributed by atoms with Crippen molar-refractivity contribution in [3.8, 4) is 0 Å². The van der Waals surface area contributed by atoms with Crippen LogP contribution in [0.25, 0.3) is 0 Å². The van der Waals surface area contributed by atoms with Crippen LogP contribution in [0.4, 0.5) is 23.7 Å². The van der Waals surface area contributed by atoms with Gasteiger partial charge in [0.2, 0.25) is 0 Å². The number of urea groups is 1. The number of hydrogen-bond acceptors (Lipinski definition) is 4. The number of aliphatic carboxylic acids is 1. The zero-order valence-electron chi connectivity index (χ0n) is 19.8. The number of likely N-dealkylation sites (tertiary alicyclic amines) is 1. The lowest BCUT2D eigenvalue weighted by Gasteiger charge is -2.31. The van der Waals surface area contributed by atoms with E-state index in [1.165, 1.54) is 12.8 Å². The first-order valence-electron chi connectivity index (χ1n) is 12.0. The molecule has 2 heterocycles. The van der Waals surface area contributed by atoms with Crippen LogP contribution in [-0.4, -0.2) is 66.3 Å². The summed E-state index contributed by atoms with van der Waals surface area (Å²) in [6, 6.07) is 5.68. The van der Waals surface area contributed by atoms with Crippen molar-refractivity contribution in [3.05, 3.63) is 29.3 Å². The van der Waals surface area contributed by atoms with E-state index in [1.807, 2.05) is 30.0 Å². The third-order valence-electron chi connectivity index (χ3n) is 6.90. The van der Waals surface area contributed by atoms with Crippen LogP contribution in [0.3, 0.4) is 0 Å². The van der Waals surface area contributed by atoms with E-state index in [9.17, 15) is 22.8 Å². The van der Waals surface area contributed by atoms with Gasteiger partial charge >= 0.3 is 18.2 Å². The highest BCUT2D eigenvalue weighted by Gasteiger charge is 2.38.